The zero-order chi connectivity index (χ0) is 16.6. The lowest BCUT2D eigenvalue weighted by Crippen LogP contribution is -1.82. The molecular weight excluding hydrogens is 322 g/mol. The summed E-state index contributed by atoms with van der Waals surface area (Å²) in [5, 5.41) is 3.64. The van der Waals surface area contributed by atoms with Crippen LogP contribution in [0, 0.1) is 0 Å². The number of para-hydroxylation sites is 1. The molecule has 0 aliphatic heterocycles. The smallest absolute Gasteiger partial charge is 0.124 e. The van der Waals surface area contributed by atoms with Crippen LogP contribution in [-0.2, 0) is 0 Å². The molecule has 25 heavy (non-hydrogen) atoms. The Morgan fingerprint density at radius 1 is 0.600 bits per heavy atom. The molecule has 0 fully saturated rings. The van der Waals surface area contributed by atoms with Crippen molar-refractivity contribution in [2.24, 2.45) is 0 Å². The number of hydrogen-bond acceptors (Lipinski definition) is 2. The van der Waals surface area contributed by atoms with Crippen LogP contribution >= 0.6 is 11.3 Å². The molecule has 0 saturated heterocycles. The van der Waals surface area contributed by atoms with Gasteiger partial charge in [-0.1, -0.05) is 78.9 Å². The fraction of sp³-hybridized carbons (Fsp3) is 0. The van der Waals surface area contributed by atoms with Crippen molar-refractivity contribution >= 4 is 32.3 Å². The van der Waals surface area contributed by atoms with Crippen molar-refractivity contribution in [2.45, 2.75) is 0 Å². The number of benzene rings is 4. The van der Waals surface area contributed by atoms with E-state index < -0.39 is 0 Å². The molecule has 0 atom stereocenters. The summed E-state index contributed by atoms with van der Waals surface area (Å²) in [6.07, 6.45) is 0. The van der Waals surface area contributed by atoms with E-state index in [-0.39, 0.29) is 0 Å². The van der Waals surface area contributed by atoms with Gasteiger partial charge in [0.15, 0.2) is 0 Å². The van der Waals surface area contributed by atoms with Crippen molar-refractivity contribution in [3.05, 3.63) is 91.0 Å². The van der Waals surface area contributed by atoms with Gasteiger partial charge in [-0.3, -0.25) is 0 Å². The van der Waals surface area contributed by atoms with Crippen LogP contribution in [0.25, 0.3) is 42.7 Å². The van der Waals surface area contributed by atoms with Crippen LogP contribution in [0.15, 0.2) is 91.0 Å². The van der Waals surface area contributed by atoms with Crippen LogP contribution < -0.4 is 0 Å². The van der Waals surface area contributed by atoms with Crippen LogP contribution in [0.2, 0.25) is 0 Å². The van der Waals surface area contributed by atoms with Gasteiger partial charge in [0.05, 0.1) is 10.2 Å². The minimum atomic E-state index is 1.07. The van der Waals surface area contributed by atoms with Crippen molar-refractivity contribution < 1.29 is 0 Å². The Bertz CT molecular complexity index is 1150. The Kier molecular flexibility index (Phi) is 3.36. The Morgan fingerprint density at radius 3 is 2.20 bits per heavy atom. The maximum absolute atomic E-state index is 4.75. The Hall–Kier alpha value is -2.97. The first-order valence-electron chi connectivity index (χ1n) is 8.33. The summed E-state index contributed by atoms with van der Waals surface area (Å²) < 4.78 is 1.23. The van der Waals surface area contributed by atoms with Crippen molar-refractivity contribution in [1.82, 2.24) is 4.98 Å². The number of thiazole rings is 1. The summed E-state index contributed by atoms with van der Waals surface area (Å²) in [7, 11) is 0. The molecule has 0 saturated carbocycles. The number of hydrogen-bond donors (Lipinski definition) is 0. The molecule has 5 rings (SSSR count). The number of rotatable bonds is 2. The first-order chi connectivity index (χ1) is 12.4. The maximum Gasteiger partial charge on any atom is 0.124 e. The monoisotopic (exact) mass is 337 g/mol. The van der Waals surface area contributed by atoms with Crippen LogP contribution in [0.4, 0.5) is 0 Å². The van der Waals surface area contributed by atoms with E-state index in [1.54, 1.807) is 11.3 Å². The van der Waals surface area contributed by atoms with Crippen LogP contribution in [-0.4, -0.2) is 4.98 Å². The summed E-state index contributed by atoms with van der Waals surface area (Å²) in [4.78, 5) is 4.75. The van der Waals surface area contributed by atoms with Gasteiger partial charge in [0.25, 0.3) is 0 Å². The van der Waals surface area contributed by atoms with Gasteiger partial charge in [-0.2, -0.15) is 0 Å². The molecule has 118 valence electrons. The minimum Gasteiger partial charge on any atom is -0.236 e. The zero-order valence-corrected chi connectivity index (χ0v) is 14.3. The van der Waals surface area contributed by atoms with E-state index in [9.17, 15) is 0 Å². The lowest BCUT2D eigenvalue weighted by atomic mass is 9.98. The molecule has 0 aliphatic rings. The van der Waals surface area contributed by atoms with E-state index in [0.29, 0.717) is 0 Å². The quantitative estimate of drug-likeness (QED) is 0.346. The van der Waals surface area contributed by atoms with Crippen molar-refractivity contribution in [3.63, 3.8) is 0 Å². The molecule has 5 aromatic rings. The lowest BCUT2D eigenvalue weighted by molar-refractivity contribution is 1.48. The molecule has 1 aromatic heterocycles. The Balaban J connectivity index is 1.59. The third-order valence-corrected chi connectivity index (χ3v) is 5.61. The molecule has 0 spiro atoms. The fourth-order valence-electron chi connectivity index (χ4n) is 3.27. The van der Waals surface area contributed by atoms with Crippen molar-refractivity contribution in [1.29, 1.82) is 0 Å². The highest BCUT2D eigenvalue weighted by molar-refractivity contribution is 7.21. The topological polar surface area (TPSA) is 12.9 Å². The first-order valence-corrected chi connectivity index (χ1v) is 9.14. The molecular formula is C23H15NS. The van der Waals surface area contributed by atoms with Crippen LogP contribution in [0.5, 0.6) is 0 Å². The highest BCUT2D eigenvalue weighted by Crippen LogP contribution is 2.33. The molecule has 1 heterocycles. The SMILES string of the molecule is c1ccc2c(-c3ccc(-c4nc5ccccc5s4)cc3)cccc2c1. The third kappa shape index (κ3) is 2.51. The van der Waals surface area contributed by atoms with Crippen molar-refractivity contribution in [3.8, 4) is 21.7 Å². The number of aromatic nitrogens is 1. The van der Waals surface area contributed by atoms with E-state index in [1.165, 1.54) is 32.2 Å². The van der Waals surface area contributed by atoms with Gasteiger partial charge in [0.1, 0.15) is 5.01 Å². The molecule has 0 unspecified atom stereocenters. The average Bonchev–Trinajstić information content (AvgIpc) is 3.12. The standard InChI is InChI=1S/C23H15NS/c1-2-8-19-16(6-1)7-5-9-20(19)17-12-14-18(15-13-17)23-24-21-10-3-4-11-22(21)25-23/h1-15H. The summed E-state index contributed by atoms with van der Waals surface area (Å²) in [5.41, 5.74) is 4.75. The van der Waals surface area contributed by atoms with Gasteiger partial charge >= 0.3 is 0 Å². The van der Waals surface area contributed by atoms with Gasteiger partial charge < -0.3 is 0 Å². The normalized spacial score (nSPS) is 11.2. The third-order valence-electron chi connectivity index (χ3n) is 4.53. The van der Waals surface area contributed by atoms with Gasteiger partial charge in [-0.05, 0) is 34.0 Å². The second-order valence-electron chi connectivity index (χ2n) is 6.09. The van der Waals surface area contributed by atoms with Gasteiger partial charge in [0, 0.05) is 5.56 Å². The number of fused-ring (bicyclic) bond motifs is 2. The predicted octanol–water partition coefficient (Wildman–Crippen LogP) is 6.78. The molecule has 0 radical (unpaired) electrons. The molecule has 0 aliphatic carbocycles. The molecule has 0 bridgehead atoms. The van der Waals surface area contributed by atoms with Crippen LogP contribution in [0.3, 0.4) is 0 Å². The largest absolute Gasteiger partial charge is 0.236 e. The maximum atomic E-state index is 4.75. The van der Waals surface area contributed by atoms with E-state index in [2.05, 4.69) is 84.9 Å². The van der Waals surface area contributed by atoms with Gasteiger partial charge in [-0.15, -0.1) is 11.3 Å². The van der Waals surface area contributed by atoms with Gasteiger partial charge in [-0.25, -0.2) is 4.98 Å². The van der Waals surface area contributed by atoms with E-state index in [1.807, 2.05) is 6.07 Å². The fourth-order valence-corrected chi connectivity index (χ4v) is 4.24. The van der Waals surface area contributed by atoms with E-state index in [4.69, 9.17) is 4.98 Å². The molecule has 0 amide bonds. The summed E-state index contributed by atoms with van der Waals surface area (Å²) in [5.74, 6) is 0. The van der Waals surface area contributed by atoms with E-state index in [0.717, 1.165) is 10.5 Å². The summed E-state index contributed by atoms with van der Waals surface area (Å²) in [6.45, 7) is 0. The Morgan fingerprint density at radius 2 is 1.32 bits per heavy atom. The Labute approximate surface area is 150 Å². The van der Waals surface area contributed by atoms with E-state index >= 15 is 0 Å². The van der Waals surface area contributed by atoms with Gasteiger partial charge in [0.2, 0.25) is 0 Å². The first kappa shape index (κ1) is 14.4. The average molecular weight is 337 g/mol. The predicted molar refractivity (Wildman–Crippen MR) is 108 cm³/mol. The zero-order valence-electron chi connectivity index (χ0n) is 13.5. The highest BCUT2D eigenvalue weighted by atomic mass is 32.1. The summed E-state index contributed by atoms with van der Waals surface area (Å²) >= 11 is 1.74. The minimum absolute atomic E-state index is 1.07. The van der Waals surface area contributed by atoms with Crippen molar-refractivity contribution in [2.75, 3.05) is 0 Å². The molecule has 0 N–H and O–H groups in total. The molecule has 4 aromatic carbocycles. The second-order valence-corrected chi connectivity index (χ2v) is 7.12. The van der Waals surface area contributed by atoms with Crippen LogP contribution in [0.1, 0.15) is 0 Å². The highest BCUT2D eigenvalue weighted by Gasteiger charge is 2.07. The molecule has 2 heteroatoms. The lowest BCUT2D eigenvalue weighted by Gasteiger charge is -2.07. The second kappa shape index (κ2) is 5.83. The number of nitrogens with zero attached hydrogens (tertiary/aromatic N) is 1. The summed E-state index contributed by atoms with van der Waals surface area (Å²) in [6, 6.07) is 32.0. The molecule has 1 nitrogen and oxygen atoms in total.